The SMILES string of the molecule is CCc1ccc(S(=O)(=O)NC(CC)COC)cc1N. The Labute approximate surface area is 115 Å². The van der Waals surface area contributed by atoms with Crippen LogP contribution in [0.25, 0.3) is 0 Å². The van der Waals surface area contributed by atoms with E-state index >= 15 is 0 Å². The summed E-state index contributed by atoms with van der Waals surface area (Å²) >= 11 is 0. The van der Waals surface area contributed by atoms with Crippen molar-refractivity contribution in [2.24, 2.45) is 0 Å². The summed E-state index contributed by atoms with van der Waals surface area (Å²) in [6, 6.07) is 4.60. The first kappa shape index (κ1) is 15.9. The van der Waals surface area contributed by atoms with Crippen molar-refractivity contribution in [1.29, 1.82) is 0 Å². The lowest BCUT2D eigenvalue weighted by Gasteiger charge is -2.16. The fraction of sp³-hybridized carbons (Fsp3) is 0.538. The van der Waals surface area contributed by atoms with Crippen LogP contribution in [0.5, 0.6) is 0 Å². The largest absolute Gasteiger partial charge is 0.398 e. The van der Waals surface area contributed by atoms with Crippen LogP contribution in [0, 0.1) is 0 Å². The van der Waals surface area contributed by atoms with E-state index in [2.05, 4.69) is 4.72 Å². The van der Waals surface area contributed by atoms with Crippen LogP contribution >= 0.6 is 0 Å². The van der Waals surface area contributed by atoms with E-state index in [0.717, 1.165) is 12.0 Å². The molecule has 1 aromatic rings. The molecule has 0 amide bonds. The van der Waals surface area contributed by atoms with Crippen LogP contribution in [0.15, 0.2) is 23.1 Å². The maximum absolute atomic E-state index is 12.2. The van der Waals surface area contributed by atoms with Gasteiger partial charge in [0, 0.05) is 18.8 Å². The molecule has 5 nitrogen and oxygen atoms in total. The van der Waals surface area contributed by atoms with Gasteiger partial charge in [0.2, 0.25) is 10.0 Å². The van der Waals surface area contributed by atoms with Crippen LogP contribution in [0.2, 0.25) is 0 Å². The highest BCUT2D eigenvalue weighted by Crippen LogP contribution is 2.18. The van der Waals surface area contributed by atoms with Crippen molar-refractivity contribution in [1.82, 2.24) is 4.72 Å². The quantitative estimate of drug-likeness (QED) is 0.745. The lowest BCUT2D eigenvalue weighted by molar-refractivity contribution is 0.173. The first-order chi connectivity index (χ1) is 8.94. The van der Waals surface area contributed by atoms with Gasteiger partial charge in [0.25, 0.3) is 0 Å². The molecule has 1 rings (SSSR count). The number of nitrogens with one attached hydrogen (secondary N) is 1. The van der Waals surface area contributed by atoms with Gasteiger partial charge in [0.15, 0.2) is 0 Å². The molecule has 0 aliphatic heterocycles. The second kappa shape index (κ2) is 6.88. The number of hydrogen-bond donors (Lipinski definition) is 2. The van der Waals surface area contributed by atoms with Gasteiger partial charge in [-0.25, -0.2) is 13.1 Å². The molecule has 19 heavy (non-hydrogen) atoms. The summed E-state index contributed by atoms with van der Waals surface area (Å²) in [5, 5.41) is 0. The smallest absolute Gasteiger partial charge is 0.240 e. The predicted octanol–water partition coefficient (Wildman–Crippen LogP) is 1.53. The molecule has 1 aromatic carbocycles. The van der Waals surface area contributed by atoms with Crippen molar-refractivity contribution < 1.29 is 13.2 Å². The van der Waals surface area contributed by atoms with Crippen molar-refractivity contribution in [2.45, 2.75) is 37.6 Å². The van der Waals surface area contributed by atoms with E-state index in [1.165, 1.54) is 6.07 Å². The first-order valence-corrected chi connectivity index (χ1v) is 7.82. The molecule has 0 saturated carbocycles. The third-order valence-corrected chi connectivity index (χ3v) is 4.51. The van der Waals surface area contributed by atoms with E-state index in [4.69, 9.17) is 10.5 Å². The normalized spacial score (nSPS) is 13.4. The van der Waals surface area contributed by atoms with Crippen LogP contribution < -0.4 is 10.5 Å². The number of nitrogens with two attached hydrogens (primary N) is 1. The maximum atomic E-state index is 12.2. The number of methoxy groups -OCH3 is 1. The molecule has 0 aliphatic carbocycles. The van der Waals surface area contributed by atoms with Crippen LogP contribution in [-0.2, 0) is 21.2 Å². The molecule has 0 spiro atoms. The highest BCUT2D eigenvalue weighted by atomic mass is 32.2. The minimum Gasteiger partial charge on any atom is -0.398 e. The second-order valence-corrected chi connectivity index (χ2v) is 6.11. The summed E-state index contributed by atoms with van der Waals surface area (Å²) in [5.41, 5.74) is 7.29. The average Bonchev–Trinajstić information content (AvgIpc) is 2.37. The molecule has 0 saturated heterocycles. The van der Waals surface area contributed by atoms with Crippen LogP contribution in [0.3, 0.4) is 0 Å². The van der Waals surface area contributed by atoms with Crippen molar-refractivity contribution >= 4 is 15.7 Å². The van der Waals surface area contributed by atoms with Gasteiger partial charge in [-0.15, -0.1) is 0 Å². The van der Waals surface area contributed by atoms with Crippen molar-refractivity contribution in [2.75, 3.05) is 19.5 Å². The van der Waals surface area contributed by atoms with Gasteiger partial charge in [-0.05, 0) is 30.5 Å². The highest BCUT2D eigenvalue weighted by Gasteiger charge is 2.19. The molecular formula is C13H22N2O3S. The van der Waals surface area contributed by atoms with Gasteiger partial charge < -0.3 is 10.5 Å². The van der Waals surface area contributed by atoms with E-state index < -0.39 is 10.0 Å². The molecule has 6 heteroatoms. The Morgan fingerprint density at radius 1 is 1.37 bits per heavy atom. The maximum Gasteiger partial charge on any atom is 0.240 e. The Morgan fingerprint density at radius 3 is 2.53 bits per heavy atom. The number of ether oxygens (including phenoxy) is 1. The fourth-order valence-corrected chi connectivity index (χ4v) is 3.12. The lowest BCUT2D eigenvalue weighted by Crippen LogP contribution is -2.37. The van der Waals surface area contributed by atoms with Gasteiger partial charge in [-0.3, -0.25) is 0 Å². The third-order valence-electron chi connectivity index (χ3n) is 2.99. The van der Waals surface area contributed by atoms with E-state index in [9.17, 15) is 8.42 Å². The van der Waals surface area contributed by atoms with E-state index in [1.807, 2.05) is 13.8 Å². The zero-order valence-corrected chi connectivity index (χ0v) is 12.5. The molecule has 0 radical (unpaired) electrons. The highest BCUT2D eigenvalue weighted by molar-refractivity contribution is 7.89. The van der Waals surface area contributed by atoms with Gasteiger partial charge in [-0.2, -0.15) is 0 Å². The molecule has 0 aromatic heterocycles. The summed E-state index contributed by atoms with van der Waals surface area (Å²) in [4.78, 5) is 0.191. The Morgan fingerprint density at radius 2 is 2.05 bits per heavy atom. The van der Waals surface area contributed by atoms with Crippen LogP contribution in [0.1, 0.15) is 25.8 Å². The van der Waals surface area contributed by atoms with Crippen molar-refractivity contribution in [3.63, 3.8) is 0 Å². The molecule has 0 heterocycles. The topological polar surface area (TPSA) is 81.4 Å². The Kier molecular flexibility index (Phi) is 5.78. The number of hydrogen-bond acceptors (Lipinski definition) is 4. The molecular weight excluding hydrogens is 264 g/mol. The minimum atomic E-state index is -3.55. The van der Waals surface area contributed by atoms with E-state index in [-0.39, 0.29) is 10.9 Å². The lowest BCUT2D eigenvalue weighted by atomic mass is 10.1. The Hall–Kier alpha value is -1.11. The van der Waals surface area contributed by atoms with Crippen molar-refractivity contribution in [3.05, 3.63) is 23.8 Å². The second-order valence-electron chi connectivity index (χ2n) is 4.40. The standard InChI is InChI=1S/C13H22N2O3S/c1-4-10-6-7-12(8-13(10)14)19(16,17)15-11(5-2)9-18-3/h6-8,11,15H,4-5,9,14H2,1-3H3. The monoisotopic (exact) mass is 286 g/mol. The average molecular weight is 286 g/mol. The van der Waals surface area contributed by atoms with Gasteiger partial charge in [0.05, 0.1) is 11.5 Å². The summed E-state index contributed by atoms with van der Waals surface area (Å²) < 4.78 is 32.0. The molecule has 1 unspecified atom stereocenters. The van der Waals surface area contributed by atoms with E-state index in [0.29, 0.717) is 18.7 Å². The molecule has 1 atom stereocenters. The molecule has 0 fully saturated rings. The molecule has 0 aliphatic rings. The zero-order valence-electron chi connectivity index (χ0n) is 11.6. The number of rotatable bonds is 7. The van der Waals surface area contributed by atoms with E-state index in [1.54, 1.807) is 19.2 Å². The first-order valence-electron chi connectivity index (χ1n) is 6.34. The number of nitrogen functional groups attached to an aromatic ring is 1. The molecule has 0 bridgehead atoms. The number of aryl methyl sites for hydroxylation is 1. The van der Waals surface area contributed by atoms with Crippen molar-refractivity contribution in [3.8, 4) is 0 Å². The molecule has 108 valence electrons. The number of benzene rings is 1. The van der Waals surface area contributed by atoms with Gasteiger partial charge in [0.1, 0.15) is 0 Å². The summed E-state index contributed by atoms with van der Waals surface area (Å²) in [7, 11) is -2.00. The van der Waals surface area contributed by atoms with Gasteiger partial charge >= 0.3 is 0 Å². The van der Waals surface area contributed by atoms with Crippen LogP contribution in [-0.4, -0.2) is 28.2 Å². The zero-order chi connectivity index (χ0) is 14.5. The summed E-state index contributed by atoms with van der Waals surface area (Å²) in [6.45, 7) is 4.23. The predicted molar refractivity (Wildman–Crippen MR) is 76.5 cm³/mol. The Balaban J connectivity index is 2.96. The summed E-state index contributed by atoms with van der Waals surface area (Å²) in [6.07, 6.45) is 1.44. The number of sulfonamides is 1. The third kappa shape index (κ3) is 4.19. The summed E-state index contributed by atoms with van der Waals surface area (Å²) in [5.74, 6) is 0. The Bertz CT molecular complexity index is 515. The van der Waals surface area contributed by atoms with Crippen LogP contribution in [0.4, 0.5) is 5.69 Å². The molecule has 3 N–H and O–H groups in total. The fourth-order valence-electron chi connectivity index (χ4n) is 1.79. The number of anilines is 1. The minimum absolute atomic E-state index is 0.191. The van der Waals surface area contributed by atoms with Gasteiger partial charge in [-0.1, -0.05) is 19.9 Å².